The van der Waals surface area contributed by atoms with Gasteiger partial charge in [0.1, 0.15) is 11.5 Å². The van der Waals surface area contributed by atoms with Crippen LogP contribution in [0.4, 0.5) is 17.1 Å². The van der Waals surface area contributed by atoms with Crippen molar-refractivity contribution in [3.63, 3.8) is 0 Å². The Morgan fingerprint density at radius 3 is 1.10 bits per heavy atom. The zero-order valence-electron chi connectivity index (χ0n) is 52.6. The Kier molecular flexibility index (Phi) is 11.5. The molecule has 450 valence electrons. The molecule has 2 aliphatic rings. The van der Waals surface area contributed by atoms with E-state index in [4.69, 9.17) is 4.74 Å². The highest BCUT2D eigenvalue weighted by Crippen LogP contribution is 2.54. The average Bonchev–Trinajstić information content (AvgIpc) is 1.21. The summed E-state index contributed by atoms with van der Waals surface area (Å²) in [7, 11) is 0. The monoisotopic (exact) mass is 1230 g/mol. The molecule has 0 saturated carbocycles. The molecule has 0 amide bonds. The van der Waals surface area contributed by atoms with Crippen LogP contribution >= 0.6 is 0 Å². The summed E-state index contributed by atoms with van der Waals surface area (Å²) in [4.78, 5) is 2.66. The summed E-state index contributed by atoms with van der Waals surface area (Å²) in [6.45, 7) is -0.243. The fourth-order valence-corrected chi connectivity index (χ4v) is 16.8. The predicted octanol–water partition coefficient (Wildman–Crippen LogP) is 21.5. The van der Waals surface area contributed by atoms with E-state index >= 15 is 0 Å². The molecule has 0 fully saturated rings. The largest absolute Gasteiger partial charge is 0.458 e. The van der Waals surface area contributed by atoms with E-state index in [-0.39, 0.29) is 6.71 Å². The zero-order valence-corrected chi connectivity index (χ0v) is 52.6. The molecule has 7 heteroatoms. The Morgan fingerprint density at radius 1 is 0.237 bits per heavy atom. The van der Waals surface area contributed by atoms with Gasteiger partial charge in [0, 0.05) is 106 Å². The van der Waals surface area contributed by atoms with Crippen molar-refractivity contribution in [1.82, 2.24) is 18.3 Å². The van der Waals surface area contributed by atoms with Gasteiger partial charge in [-0.3, -0.25) is 0 Å². The third-order valence-corrected chi connectivity index (χ3v) is 20.8. The number of rotatable bonds is 8. The van der Waals surface area contributed by atoms with E-state index in [1.165, 1.54) is 48.6 Å². The fraction of sp³-hybridized carbons (Fsp3) is 0. The van der Waals surface area contributed by atoms with Gasteiger partial charge in [-0.25, -0.2) is 0 Å². The van der Waals surface area contributed by atoms with Crippen LogP contribution < -0.4 is 26.0 Å². The summed E-state index contributed by atoms with van der Waals surface area (Å²) in [5, 5.41) is 9.61. The van der Waals surface area contributed by atoms with Crippen molar-refractivity contribution in [1.29, 1.82) is 0 Å². The van der Waals surface area contributed by atoms with Gasteiger partial charge in [0.25, 0.3) is 6.71 Å². The van der Waals surface area contributed by atoms with E-state index in [9.17, 15) is 0 Å². The topological polar surface area (TPSA) is 32.2 Å². The van der Waals surface area contributed by atoms with Gasteiger partial charge in [0.2, 0.25) is 0 Å². The second kappa shape index (κ2) is 20.8. The van der Waals surface area contributed by atoms with Crippen molar-refractivity contribution in [2.45, 2.75) is 0 Å². The minimum atomic E-state index is -0.243. The molecular formula is C90H56BN5O. The number of para-hydroxylation sites is 11. The predicted molar refractivity (Wildman–Crippen MR) is 406 cm³/mol. The third kappa shape index (κ3) is 7.79. The van der Waals surface area contributed by atoms with Gasteiger partial charge in [-0.1, -0.05) is 243 Å². The number of benzene rings is 15. The summed E-state index contributed by atoms with van der Waals surface area (Å²) in [5.41, 5.74) is 26.6. The van der Waals surface area contributed by atoms with E-state index in [1.807, 2.05) is 0 Å². The maximum atomic E-state index is 7.72. The number of hydrogen-bond acceptors (Lipinski definition) is 2. The molecule has 97 heavy (non-hydrogen) atoms. The highest BCUT2D eigenvalue weighted by atomic mass is 16.5. The summed E-state index contributed by atoms with van der Waals surface area (Å²) in [6.07, 6.45) is 0. The minimum absolute atomic E-state index is 0.243. The molecule has 6 nitrogen and oxygen atoms in total. The standard InChI is InChI=1S/C90H56BN5O/c1-4-25-57(26-5-1)58-53-84-87-86(54-58)97-85-56-62(93-79-45-18-12-33-65(79)66-34-13-19-46-80(66)93)50-52-76(85)91(87)75-51-49-61(92-77-43-16-10-31-63(77)64-32-11-17-44-78(64)92)55-83(75)96(84)90-73(71-39-22-37-69-67-35-14-20-47-81(67)94(88(69)71)59-27-6-2-7-28-59)41-24-42-74(90)72-40-23-38-70-68-36-15-21-48-82(68)95(89(70)72)60-29-8-3-9-30-60/h1-56H. The first-order valence-electron chi connectivity index (χ1n) is 33.4. The third-order valence-electron chi connectivity index (χ3n) is 20.8. The van der Waals surface area contributed by atoms with Crippen molar-refractivity contribution in [3.05, 3.63) is 340 Å². The Labute approximate surface area is 559 Å². The van der Waals surface area contributed by atoms with Crippen LogP contribution in [-0.2, 0) is 0 Å². The van der Waals surface area contributed by atoms with Gasteiger partial charge in [-0.2, -0.15) is 0 Å². The second-order valence-electron chi connectivity index (χ2n) is 25.8. The van der Waals surface area contributed by atoms with E-state index in [0.29, 0.717) is 0 Å². The van der Waals surface area contributed by atoms with Gasteiger partial charge in [0.15, 0.2) is 0 Å². The number of hydrogen-bond donors (Lipinski definition) is 0. The molecule has 6 heterocycles. The molecule has 0 unspecified atom stereocenters. The fourth-order valence-electron chi connectivity index (χ4n) is 16.8. The SMILES string of the molecule is c1ccc(-c2cc3c4c(c2)N(c2c(-c5cccc6c7ccccc7n(-c7ccccc7)c56)cccc2-c2cccc5c6ccccc6n(-c6ccccc6)c25)c2cc(-n5c6ccccc6c6ccccc65)ccc2B4c2ccc(-n4c5ccccc5c5ccccc54)cc2O3)cc1. The summed E-state index contributed by atoms with van der Waals surface area (Å²) >= 11 is 0. The molecule has 0 saturated heterocycles. The molecule has 0 radical (unpaired) electrons. The van der Waals surface area contributed by atoms with Gasteiger partial charge in [-0.05, 0) is 119 Å². The molecule has 0 aliphatic carbocycles. The zero-order chi connectivity index (χ0) is 63.4. The number of anilines is 3. The quantitative estimate of drug-likeness (QED) is 0.142. The lowest BCUT2D eigenvalue weighted by molar-refractivity contribution is 0.487. The lowest BCUT2D eigenvalue weighted by atomic mass is 9.34. The average molecular weight is 1230 g/mol. The first-order valence-corrected chi connectivity index (χ1v) is 33.4. The molecule has 15 aromatic carbocycles. The molecule has 0 spiro atoms. The summed E-state index contributed by atoms with van der Waals surface area (Å²) in [6, 6.07) is 126. The van der Waals surface area contributed by atoms with Gasteiger partial charge in [-0.15, -0.1) is 0 Å². The van der Waals surface area contributed by atoms with Crippen LogP contribution in [-0.4, -0.2) is 25.0 Å². The number of fused-ring (bicyclic) bond motifs is 16. The molecule has 0 bridgehead atoms. The van der Waals surface area contributed by atoms with Crippen molar-refractivity contribution < 1.29 is 4.74 Å². The van der Waals surface area contributed by atoms with E-state index in [2.05, 4.69) is 363 Å². The van der Waals surface area contributed by atoms with Crippen LogP contribution in [0.3, 0.4) is 0 Å². The number of ether oxygens (including phenoxy) is 1. The maximum Gasteiger partial charge on any atom is 0.256 e. The number of nitrogens with zero attached hydrogens (tertiary/aromatic N) is 5. The molecule has 19 aromatic rings. The Balaban J connectivity index is 0.921. The molecule has 0 N–H and O–H groups in total. The second-order valence-corrected chi connectivity index (χ2v) is 25.8. The van der Waals surface area contributed by atoms with Crippen LogP contribution in [0.25, 0.3) is 143 Å². The van der Waals surface area contributed by atoms with Crippen LogP contribution in [0.15, 0.2) is 340 Å². The van der Waals surface area contributed by atoms with Crippen molar-refractivity contribution in [2.75, 3.05) is 4.90 Å². The molecule has 21 rings (SSSR count). The normalized spacial score (nSPS) is 12.6. The van der Waals surface area contributed by atoms with Crippen LogP contribution in [0, 0.1) is 0 Å². The van der Waals surface area contributed by atoms with Crippen LogP contribution in [0.5, 0.6) is 11.5 Å². The van der Waals surface area contributed by atoms with Gasteiger partial charge < -0.3 is 27.9 Å². The molecule has 4 aromatic heterocycles. The molecule has 0 atom stereocenters. The molecular weight excluding hydrogens is 1180 g/mol. The van der Waals surface area contributed by atoms with Gasteiger partial charge >= 0.3 is 0 Å². The van der Waals surface area contributed by atoms with Crippen molar-refractivity contribution in [3.8, 4) is 67.6 Å². The Hall–Kier alpha value is -12.8. The van der Waals surface area contributed by atoms with E-state index in [1.54, 1.807) is 0 Å². The summed E-state index contributed by atoms with van der Waals surface area (Å²) < 4.78 is 17.6. The van der Waals surface area contributed by atoms with Crippen LogP contribution in [0.1, 0.15) is 0 Å². The van der Waals surface area contributed by atoms with E-state index in [0.717, 1.165) is 140 Å². The minimum Gasteiger partial charge on any atom is -0.458 e. The first kappa shape index (κ1) is 53.6. The Bertz CT molecular complexity index is 6210. The lowest BCUT2D eigenvalue weighted by Crippen LogP contribution is -2.59. The maximum absolute atomic E-state index is 7.72. The summed E-state index contributed by atoms with van der Waals surface area (Å²) in [5.74, 6) is 1.66. The highest BCUT2D eigenvalue weighted by molar-refractivity contribution is 6.99. The van der Waals surface area contributed by atoms with Crippen molar-refractivity contribution >= 4 is 127 Å². The van der Waals surface area contributed by atoms with E-state index < -0.39 is 0 Å². The first-order chi connectivity index (χ1) is 48.2. The number of aromatic nitrogens is 4. The smallest absolute Gasteiger partial charge is 0.256 e. The molecule has 2 aliphatic heterocycles. The lowest BCUT2D eigenvalue weighted by Gasteiger charge is -2.42. The highest BCUT2D eigenvalue weighted by Gasteiger charge is 2.44. The van der Waals surface area contributed by atoms with Crippen LogP contribution in [0.2, 0.25) is 0 Å². The Morgan fingerprint density at radius 2 is 0.619 bits per heavy atom. The van der Waals surface area contributed by atoms with Crippen molar-refractivity contribution in [2.24, 2.45) is 0 Å². The van der Waals surface area contributed by atoms with Gasteiger partial charge in [0.05, 0.1) is 49.8 Å².